The first kappa shape index (κ1) is 15.3. The molecule has 0 saturated carbocycles. The van der Waals surface area contributed by atoms with Gasteiger partial charge in [0.15, 0.2) is 0 Å². The van der Waals surface area contributed by atoms with Gasteiger partial charge in [0.1, 0.15) is 11.5 Å². The van der Waals surface area contributed by atoms with Crippen molar-refractivity contribution >= 4 is 21.7 Å². The first-order valence-corrected chi connectivity index (χ1v) is 7.10. The number of pyridine rings is 1. The Hall–Kier alpha value is -1.71. The Bertz CT molecular complexity index is 544. The Morgan fingerprint density at radius 2 is 2.11 bits per heavy atom. The van der Waals surface area contributed by atoms with Gasteiger partial charge in [0.05, 0.1) is 5.75 Å². The summed E-state index contributed by atoms with van der Waals surface area (Å²) in [6, 6.07) is 4.73. The molecule has 0 radical (unpaired) electrons. The fourth-order valence-corrected chi connectivity index (χ4v) is 1.93. The second-order valence-electron chi connectivity index (χ2n) is 3.91. The molecule has 0 aliphatic heterocycles. The average Bonchev–Trinajstić information content (AvgIpc) is 2.38. The predicted octanol–water partition coefficient (Wildman–Crippen LogP) is -1.01. The number of hydrogen-bond donors (Lipinski definition) is 3. The van der Waals surface area contributed by atoms with Gasteiger partial charge in [0, 0.05) is 20.6 Å². The summed E-state index contributed by atoms with van der Waals surface area (Å²) in [6.45, 7) is 0.0152. The number of hydrazine groups is 1. The maximum absolute atomic E-state index is 11.7. The number of sulfonamides is 1. The van der Waals surface area contributed by atoms with Gasteiger partial charge in [0.2, 0.25) is 10.0 Å². The van der Waals surface area contributed by atoms with Gasteiger partial charge >= 0.3 is 0 Å². The number of nitrogen functional groups attached to an aromatic ring is 1. The summed E-state index contributed by atoms with van der Waals surface area (Å²) in [4.78, 5) is 15.7. The lowest BCUT2D eigenvalue weighted by atomic mass is 10.3. The molecule has 0 unspecified atom stereocenters. The van der Waals surface area contributed by atoms with E-state index < -0.39 is 15.9 Å². The van der Waals surface area contributed by atoms with E-state index in [1.54, 1.807) is 12.1 Å². The molecule has 8 nitrogen and oxygen atoms in total. The third-order valence-corrected chi connectivity index (χ3v) is 4.16. The smallest absolute Gasteiger partial charge is 0.270 e. The van der Waals surface area contributed by atoms with Gasteiger partial charge in [-0.2, -0.15) is 0 Å². The lowest BCUT2D eigenvalue weighted by Crippen LogP contribution is -2.34. The Morgan fingerprint density at radius 3 is 2.68 bits per heavy atom. The number of nitrogens with zero attached hydrogens (tertiary/aromatic N) is 2. The maximum atomic E-state index is 11.7. The van der Waals surface area contributed by atoms with Crippen molar-refractivity contribution in [1.82, 2.24) is 14.6 Å². The van der Waals surface area contributed by atoms with Crippen molar-refractivity contribution in [1.29, 1.82) is 0 Å². The van der Waals surface area contributed by atoms with E-state index in [1.807, 2.05) is 0 Å². The Morgan fingerprint density at radius 1 is 1.42 bits per heavy atom. The Balaban J connectivity index is 2.56. The van der Waals surface area contributed by atoms with Crippen LogP contribution in [0.3, 0.4) is 0 Å². The van der Waals surface area contributed by atoms with E-state index in [4.69, 9.17) is 5.84 Å². The summed E-state index contributed by atoms with van der Waals surface area (Å²) in [5, 5.41) is 2.49. The highest BCUT2D eigenvalue weighted by Gasteiger charge is 2.14. The van der Waals surface area contributed by atoms with Gasteiger partial charge in [-0.15, -0.1) is 0 Å². The molecule has 1 aromatic rings. The topological polar surface area (TPSA) is 117 Å². The van der Waals surface area contributed by atoms with Crippen LogP contribution in [-0.4, -0.2) is 50.0 Å². The van der Waals surface area contributed by atoms with Gasteiger partial charge in [0.25, 0.3) is 5.91 Å². The standard InChI is InChI=1S/C10H17N5O3S/c1-15(2)19(17,18)7-6-12-10(16)8-4-3-5-9(13-8)14-11/h3-5H,6-7,11H2,1-2H3,(H,12,16)(H,13,14). The molecule has 1 rings (SSSR count). The zero-order chi connectivity index (χ0) is 14.5. The molecular weight excluding hydrogens is 270 g/mol. The van der Waals surface area contributed by atoms with Crippen LogP contribution in [0.1, 0.15) is 10.5 Å². The van der Waals surface area contributed by atoms with Crippen LogP contribution in [0.25, 0.3) is 0 Å². The fourth-order valence-electron chi connectivity index (χ4n) is 1.21. The van der Waals surface area contributed by atoms with Crippen molar-refractivity contribution in [2.24, 2.45) is 5.84 Å². The molecule has 9 heteroatoms. The van der Waals surface area contributed by atoms with Crippen LogP contribution in [0.15, 0.2) is 18.2 Å². The second kappa shape index (κ2) is 6.45. The van der Waals surface area contributed by atoms with Crippen LogP contribution < -0.4 is 16.6 Å². The molecule has 0 fully saturated rings. The number of anilines is 1. The van der Waals surface area contributed by atoms with Crippen molar-refractivity contribution in [3.05, 3.63) is 23.9 Å². The molecule has 1 heterocycles. The highest BCUT2D eigenvalue weighted by Crippen LogP contribution is 2.02. The van der Waals surface area contributed by atoms with E-state index in [0.29, 0.717) is 5.82 Å². The van der Waals surface area contributed by atoms with Gasteiger partial charge in [-0.05, 0) is 12.1 Å². The third-order valence-electron chi connectivity index (χ3n) is 2.33. The molecule has 0 aliphatic carbocycles. The summed E-state index contributed by atoms with van der Waals surface area (Å²) in [7, 11) is -0.444. The van der Waals surface area contributed by atoms with E-state index in [1.165, 1.54) is 20.2 Å². The molecule has 0 aliphatic rings. The second-order valence-corrected chi connectivity index (χ2v) is 6.21. The number of carbonyl (C=O) groups is 1. The summed E-state index contributed by atoms with van der Waals surface area (Å²) >= 11 is 0. The molecule has 106 valence electrons. The number of nitrogens with two attached hydrogens (primary N) is 1. The normalized spacial score (nSPS) is 11.4. The number of rotatable bonds is 6. The molecule has 1 amide bonds. The minimum absolute atomic E-state index is 0.0152. The lowest BCUT2D eigenvalue weighted by molar-refractivity contribution is 0.0951. The summed E-state index contributed by atoms with van der Waals surface area (Å²) in [5.74, 6) is 4.92. The van der Waals surface area contributed by atoms with Gasteiger partial charge < -0.3 is 10.7 Å². The first-order valence-electron chi connectivity index (χ1n) is 5.49. The van der Waals surface area contributed by atoms with Crippen molar-refractivity contribution in [3.63, 3.8) is 0 Å². The molecule has 1 aromatic heterocycles. The van der Waals surface area contributed by atoms with Crippen LogP contribution in [0.4, 0.5) is 5.82 Å². The molecule has 0 saturated heterocycles. The van der Waals surface area contributed by atoms with E-state index in [-0.39, 0.29) is 18.0 Å². The van der Waals surface area contributed by atoms with Crippen molar-refractivity contribution in [2.45, 2.75) is 0 Å². The van der Waals surface area contributed by atoms with E-state index >= 15 is 0 Å². The van der Waals surface area contributed by atoms with E-state index in [9.17, 15) is 13.2 Å². The summed E-state index contributed by atoms with van der Waals surface area (Å²) in [5.41, 5.74) is 2.49. The molecular formula is C10H17N5O3S. The van der Waals surface area contributed by atoms with Crippen molar-refractivity contribution < 1.29 is 13.2 Å². The average molecular weight is 287 g/mol. The Kier molecular flexibility index (Phi) is 5.21. The molecule has 0 atom stereocenters. The van der Waals surface area contributed by atoms with Crippen LogP contribution in [0, 0.1) is 0 Å². The van der Waals surface area contributed by atoms with E-state index in [0.717, 1.165) is 4.31 Å². The van der Waals surface area contributed by atoms with Crippen LogP contribution in [0.5, 0.6) is 0 Å². The van der Waals surface area contributed by atoms with Crippen LogP contribution in [-0.2, 0) is 10.0 Å². The number of aromatic nitrogens is 1. The maximum Gasteiger partial charge on any atom is 0.270 e. The van der Waals surface area contributed by atoms with Gasteiger partial charge in [-0.25, -0.2) is 23.5 Å². The predicted molar refractivity (Wildman–Crippen MR) is 71.9 cm³/mol. The molecule has 19 heavy (non-hydrogen) atoms. The van der Waals surface area contributed by atoms with Gasteiger partial charge in [-0.1, -0.05) is 6.07 Å². The minimum Gasteiger partial charge on any atom is -0.350 e. The fraction of sp³-hybridized carbons (Fsp3) is 0.400. The minimum atomic E-state index is -3.32. The van der Waals surface area contributed by atoms with Crippen LogP contribution in [0.2, 0.25) is 0 Å². The molecule has 0 bridgehead atoms. The third kappa shape index (κ3) is 4.47. The number of hydrogen-bond acceptors (Lipinski definition) is 6. The highest BCUT2D eigenvalue weighted by molar-refractivity contribution is 7.89. The number of amides is 1. The SMILES string of the molecule is CN(C)S(=O)(=O)CCNC(=O)c1cccc(NN)n1. The van der Waals surface area contributed by atoms with Crippen LogP contribution >= 0.6 is 0 Å². The zero-order valence-electron chi connectivity index (χ0n) is 10.8. The monoisotopic (exact) mass is 287 g/mol. The quantitative estimate of drug-likeness (QED) is 0.456. The molecule has 0 aromatic carbocycles. The largest absolute Gasteiger partial charge is 0.350 e. The zero-order valence-corrected chi connectivity index (χ0v) is 11.6. The Labute approximate surface area is 112 Å². The number of nitrogens with one attached hydrogen (secondary N) is 2. The summed E-state index contributed by atoms with van der Waals surface area (Å²) in [6.07, 6.45) is 0. The van der Waals surface area contributed by atoms with Crippen molar-refractivity contribution in [2.75, 3.05) is 31.8 Å². The highest BCUT2D eigenvalue weighted by atomic mass is 32.2. The summed E-state index contributed by atoms with van der Waals surface area (Å²) < 4.78 is 24.1. The molecule has 4 N–H and O–H groups in total. The lowest BCUT2D eigenvalue weighted by Gasteiger charge is -2.11. The number of carbonyl (C=O) groups excluding carboxylic acids is 1. The molecule has 0 spiro atoms. The van der Waals surface area contributed by atoms with Gasteiger partial charge in [-0.3, -0.25) is 4.79 Å². The van der Waals surface area contributed by atoms with Crippen molar-refractivity contribution in [3.8, 4) is 0 Å². The first-order chi connectivity index (χ1) is 8.86. The van der Waals surface area contributed by atoms with E-state index in [2.05, 4.69) is 15.7 Å².